The number of carbonyl (C=O) groups excluding carboxylic acids is 1. The Hall–Kier alpha value is -1.41. The van der Waals surface area contributed by atoms with Crippen LogP contribution < -0.4 is 5.32 Å². The van der Waals surface area contributed by atoms with Gasteiger partial charge in [-0.3, -0.25) is 4.79 Å². The van der Waals surface area contributed by atoms with E-state index in [0.29, 0.717) is 12.8 Å². The third-order valence-electron chi connectivity index (χ3n) is 12.7. The second kappa shape index (κ2) is 42.0. The fraction of sp³-hybridized carbons (Fsp3) is 0.904. The molecular formula is C52H99NO10. The van der Waals surface area contributed by atoms with Crippen molar-refractivity contribution in [2.75, 3.05) is 13.2 Å². The molecule has 63 heavy (non-hydrogen) atoms. The zero-order valence-electron chi connectivity index (χ0n) is 40.3. The first-order valence-electron chi connectivity index (χ1n) is 26.2. The molecule has 1 saturated heterocycles. The highest BCUT2D eigenvalue weighted by atomic mass is 16.7. The van der Waals surface area contributed by atoms with Gasteiger partial charge in [-0.1, -0.05) is 199 Å². The molecule has 0 radical (unpaired) electrons. The largest absolute Gasteiger partial charge is 0.394 e. The van der Waals surface area contributed by atoms with Crippen molar-refractivity contribution < 1.29 is 50.0 Å². The molecule has 1 heterocycles. The van der Waals surface area contributed by atoms with Gasteiger partial charge in [0.2, 0.25) is 5.91 Å². The molecule has 1 fully saturated rings. The third kappa shape index (κ3) is 31.2. The van der Waals surface area contributed by atoms with Crippen LogP contribution in [-0.2, 0) is 14.3 Å². The molecule has 372 valence electrons. The summed E-state index contributed by atoms with van der Waals surface area (Å²) in [4.78, 5) is 13.0. The van der Waals surface area contributed by atoms with Crippen LogP contribution >= 0.6 is 0 Å². The Balaban J connectivity index is 2.30. The maximum atomic E-state index is 13.0. The predicted molar refractivity (Wildman–Crippen MR) is 256 cm³/mol. The number of amides is 1. The van der Waals surface area contributed by atoms with Gasteiger partial charge in [0.1, 0.15) is 36.6 Å². The van der Waals surface area contributed by atoms with Crippen molar-refractivity contribution in [1.29, 1.82) is 0 Å². The molecule has 0 bridgehead atoms. The summed E-state index contributed by atoms with van der Waals surface area (Å²) >= 11 is 0. The lowest BCUT2D eigenvalue weighted by atomic mass is 9.98. The number of nitrogens with one attached hydrogen (secondary N) is 1. The van der Waals surface area contributed by atoms with Gasteiger partial charge in [0.15, 0.2) is 6.29 Å². The van der Waals surface area contributed by atoms with Crippen molar-refractivity contribution in [2.24, 2.45) is 0 Å². The number of hydrogen-bond acceptors (Lipinski definition) is 10. The Morgan fingerprint density at radius 2 is 0.952 bits per heavy atom. The molecule has 0 spiro atoms. The van der Waals surface area contributed by atoms with E-state index in [-0.39, 0.29) is 12.8 Å². The van der Waals surface area contributed by atoms with Gasteiger partial charge in [0, 0.05) is 0 Å². The Kier molecular flexibility index (Phi) is 39.7. The topological polar surface area (TPSA) is 189 Å². The lowest BCUT2D eigenvalue weighted by Gasteiger charge is -2.40. The van der Waals surface area contributed by atoms with Gasteiger partial charge < -0.3 is 50.5 Å². The first-order chi connectivity index (χ1) is 30.7. The molecular weight excluding hydrogens is 799 g/mol. The van der Waals surface area contributed by atoms with E-state index >= 15 is 0 Å². The minimum atomic E-state index is -1.67. The molecule has 0 aromatic rings. The molecule has 1 rings (SSSR count). The molecule has 8 N–H and O–H groups in total. The smallest absolute Gasteiger partial charge is 0.249 e. The van der Waals surface area contributed by atoms with Gasteiger partial charge in [0.05, 0.1) is 25.4 Å². The number of aliphatic hydroxyl groups excluding tert-OH is 7. The maximum Gasteiger partial charge on any atom is 0.249 e. The van der Waals surface area contributed by atoms with Crippen LogP contribution in [0, 0.1) is 0 Å². The summed E-state index contributed by atoms with van der Waals surface area (Å²) in [5.41, 5.74) is 0. The van der Waals surface area contributed by atoms with Crippen LogP contribution in [0.5, 0.6) is 0 Å². The quantitative estimate of drug-likeness (QED) is 0.0216. The van der Waals surface area contributed by atoms with Crippen molar-refractivity contribution >= 4 is 5.91 Å². The Morgan fingerprint density at radius 3 is 1.41 bits per heavy atom. The number of aliphatic hydroxyl groups is 7. The van der Waals surface area contributed by atoms with Crippen LogP contribution in [0.4, 0.5) is 0 Å². The van der Waals surface area contributed by atoms with Crippen LogP contribution in [0.3, 0.4) is 0 Å². The fourth-order valence-corrected chi connectivity index (χ4v) is 8.36. The Morgan fingerprint density at radius 1 is 0.540 bits per heavy atom. The summed E-state index contributed by atoms with van der Waals surface area (Å²) in [6.07, 6.45) is 36.9. The van der Waals surface area contributed by atoms with Crippen LogP contribution in [0.15, 0.2) is 24.3 Å². The molecule has 9 unspecified atom stereocenters. The molecule has 1 amide bonds. The van der Waals surface area contributed by atoms with Crippen molar-refractivity contribution in [2.45, 2.75) is 287 Å². The van der Waals surface area contributed by atoms with Gasteiger partial charge in [0.25, 0.3) is 0 Å². The molecule has 0 aromatic heterocycles. The van der Waals surface area contributed by atoms with E-state index in [1.807, 2.05) is 0 Å². The number of allylic oxidation sites excluding steroid dienone is 4. The minimum Gasteiger partial charge on any atom is -0.394 e. The maximum absolute atomic E-state index is 13.0. The lowest BCUT2D eigenvalue weighted by Crippen LogP contribution is -2.60. The fourth-order valence-electron chi connectivity index (χ4n) is 8.36. The summed E-state index contributed by atoms with van der Waals surface area (Å²) in [6.45, 7) is 3.38. The van der Waals surface area contributed by atoms with Gasteiger partial charge in [-0.15, -0.1) is 0 Å². The van der Waals surface area contributed by atoms with E-state index in [0.717, 1.165) is 51.4 Å². The van der Waals surface area contributed by atoms with Crippen LogP contribution in [0.2, 0.25) is 0 Å². The molecule has 1 aliphatic heterocycles. The highest BCUT2D eigenvalue weighted by molar-refractivity contribution is 5.80. The van der Waals surface area contributed by atoms with Gasteiger partial charge >= 0.3 is 0 Å². The van der Waals surface area contributed by atoms with Gasteiger partial charge in [-0.25, -0.2) is 0 Å². The van der Waals surface area contributed by atoms with Crippen molar-refractivity contribution in [3.63, 3.8) is 0 Å². The molecule has 9 atom stereocenters. The summed E-state index contributed by atoms with van der Waals surface area (Å²) in [7, 11) is 0. The standard InChI is InChI=1S/C52H99NO10/c1-3-5-7-9-11-13-15-16-17-18-19-20-21-22-23-24-25-26-27-28-29-30-32-33-35-37-39-44(55)47(57)43(42-62-52-50(60)49(59)48(58)46(41-54)63-52)53-51(61)45(56)40-38-36-34-31-14-12-10-8-6-4-2/h10,12,32-33,43-50,52,54-60H,3-9,11,13-31,34-42H2,1-2H3,(H,53,61)/b12-10-,33-32+. The van der Waals surface area contributed by atoms with Crippen molar-refractivity contribution in [3.05, 3.63) is 24.3 Å². The molecule has 0 saturated carbocycles. The molecule has 11 heteroatoms. The third-order valence-corrected chi connectivity index (χ3v) is 12.7. The second-order valence-electron chi connectivity index (χ2n) is 18.6. The molecule has 0 aliphatic carbocycles. The molecule has 11 nitrogen and oxygen atoms in total. The number of carbonyl (C=O) groups is 1. The van der Waals surface area contributed by atoms with Crippen molar-refractivity contribution in [3.8, 4) is 0 Å². The average molecular weight is 898 g/mol. The van der Waals surface area contributed by atoms with E-state index in [9.17, 15) is 40.5 Å². The van der Waals surface area contributed by atoms with Crippen molar-refractivity contribution in [1.82, 2.24) is 5.32 Å². The second-order valence-corrected chi connectivity index (χ2v) is 18.6. The lowest BCUT2D eigenvalue weighted by molar-refractivity contribution is -0.303. The zero-order valence-corrected chi connectivity index (χ0v) is 40.3. The number of rotatable bonds is 44. The number of unbranched alkanes of at least 4 members (excludes halogenated alkanes) is 28. The summed E-state index contributed by atoms with van der Waals surface area (Å²) < 4.78 is 11.1. The number of ether oxygens (including phenoxy) is 2. The highest BCUT2D eigenvalue weighted by Gasteiger charge is 2.44. The summed E-state index contributed by atoms with van der Waals surface area (Å²) in [6, 6.07) is -1.19. The SMILES string of the molecule is CCCC/C=C\CCCCCCC(O)C(=O)NC(COC1OC(CO)C(O)C(O)C1O)C(O)C(O)CCC/C=C/CCCCCCCCCCCCCCCCCCCCCCC. The summed E-state index contributed by atoms with van der Waals surface area (Å²) in [5, 5.41) is 75.7. The van der Waals surface area contributed by atoms with E-state index in [2.05, 4.69) is 43.5 Å². The van der Waals surface area contributed by atoms with Crippen LogP contribution in [0.1, 0.15) is 232 Å². The first kappa shape index (κ1) is 59.6. The minimum absolute atomic E-state index is 0.239. The summed E-state index contributed by atoms with van der Waals surface area (Å²) in [5.74, 6) is -0.717. The molecule has 0 aromatic carbocycles. The van der Waals surface area contributed by atoms with E-state index < -0.39 is 74.2 Å². The highest BCUT2D eigenvalue weighted by Crippen LogP contribution is 2.23. The first-order valence-corrected chi connectivity index (χ1v) is 26.2. The monoisotopic (exact) mass is 898 g/mol. The Labute approximate surface area is 384 Å². The Bertz CT molecular complexity index is 1080. The van der Waals surface area contributed by atoms with E-state index in [4.69, 9.17) is 9.47 Å². The number of hydrogen-bond donors (Lipinski definition) is 8. The molecule has 1 aliphatic rings. The average Bonchev–Trinajstić information content (AvgIpc) is 3.28. The van der Waals surface area contributed by atoms with E-state index in [1.54, 1.807) is 0 Å². The van der Waals surface area contributed by atoms with Crippen LogP contribution in [-0.4, -0.2) is 110 Å². The van der Waals surface area contributed by atoms with Crippen LogP contribution in [0.25, 0.3) is 0 Å². The zero-order chi connectivity index (χ0) is 46.2. The van der Waals surface area contributed by atoms with E-state index in [1.165, 1.54) is 141 Å². The predicted octanol–water partition coefficient (Wildman–Crippen LogP) is 9.79. The normalized spacial score (nSPS) is 21.3. The van der Waals surface area contributed by atoms with Gasteiger partial charge in [-0.2, -0.15) is 0 Å². The van der Waals surface area contributed by atoms with Gasteiger partial charge in [-0.05, 0) is 57.8 Å².